The van der Waals surface area contributed by atoms with Crippen molar-refractivity contribution in [3.8, 4) is 5.75 Å². The van der Waals surface area contributed by atoms with Crippen molar-refractivity contribution < 1.29 is 46.5 Å². The number of carboxylic acids is 1. The van der Waals surface area contributed by atoms with Gasteiger partial charge in [0.25, 0.3) is 0 Å². The number of carbonyl (C=O) groups excluding carboxylic acids is 1. The SMILES string of the molecule is CCOC(Cc1ccc(OCCN(CCCCCC(F)(F)F)C(=O)OCc2ccc(F)cc2)cc1)C(=O)O. The van der Waals surface area contributed by atoms with Crippen LogP contribution in [-0.2, 0) is 27.3 Å². The Hall–Kier alpha value is -3.34. The van der Waals surface area contributed by atoms with Gasteiger partial charge in [-0.25, -0.2) is 14.0 Å². The number of amides is 1. The number of benzene rings is 2. The van der Waals surface area contributed by atoms with Crippen LogP contribution < -0.4 is 4.74 Å². The van der Waals surface area contributed by atoms with Crippen molar-refractivity contribution in [3.63, 3.8) is 0 Å². The van der Waals surface area contributed by atoms with E-state index in [1.807, 2.05) is 0 Å². The molecule has 0 aromatic heterocycles. The van der Waals surface area contributed by atoms with Crippen molar-refractivity contribution in [1.29, 1.82) is 0 Å². The van der Waals surface area contributed by atoms with Crippen LogP contribution in [0.25, 0.3) is 0 Å². The molecule has 0 saturated carbocycles. The number of hydrogen-bond acceptors (Lipinski definition) is 5. The molecular weight excluding hydrogens is 510 g/mol. The van der Waals surface area contributed by atoms with Crippen LogP contribution in [0, 0.1) is 5.82 Å². The van der Waals surface area contributed by atoms with Crippen molar-refractivity contribution in [2.24, 2.45) is 0 Å². The molecule has 1 unspecified atom stereocenters. The van der Waals surface area contributed by atoms with Crippen LogP contribution in [0.3, 0.4) is 0 Å². The lowest BCUT2D eigenvalue weighted by Crippen LogP contribution is -2.36. The number of hydrogen-bond donors (Lipinski definition) is 1. The van der Waals surface area contributed by atoms with Crippen molar-refractivity contribution in [2.75, 3.05) is 26.3 Å². The number of alkyl halides is 3. The predicted octanol–water partition coefficient (Wildman–Crippen LogP) is 6.00. The molecule has 1 atom stereocenters. The van der Waals surface area contributed by atoms with Gasteiger partial charge in [-0.3, -0.25) is 0 Å². The molecule has 0 heterocycles. The molecule has 0 aliphatic heterocycles. The number of carboxylic acid groups (broad SMARTS) is 1. The molecule has 0 saturated heterocycles. The topological polar surface area (TPSA) is 85.3 Å². The Kier molecular flexibility index (Phi) is 12.8. The molecule has 2 aromatic carbocycles. The first-order valence-electron chi connectivity index (χ1n) is 12.4. The first-order chi connectivity index (χ1) is 18.1. The van der Waals surface area contributed by atoms with Crippen LogP contribution in [-0.4, -0.2) is 60.7 Å². The number of halogens is 4. The zero-order chi connectivity index (χ0) is 28.0. The van der Waals surface area contributed by atoms with Gasteiger partial charge in [0.15, 0.2) is 6.10 Å². The number of rotatable bonds is 16. The molecule has 0 aliphatic carbocycles. The Morgan fingerprint density at radius 3 is 2.21 bits per heavy atom. The minimum absolute atomic E-state index is 0.0309. The number of nitrogens with zero attached hydrogens (tertiary/aromatic N) is 1. The van der Waals surface area contributed by atoms with E-state index in [1.165, 1.54) is 29.2 Å². The Morgan fingerprint density at radius 2 is 1.61 bits per heavy atom. The lowest BCUT2D eigenvalue weighted by atomic mass is 10.1. The molecule has 0 radical (unpaired) electrons. The minimum Gasteiger partial charge on any atom is -0.492 e. The van der Waals surface area contributed by atoms with Gasteiger partial charge in [0.2, 0.25) is 0 Å². The standard InChI is InChI=1S/C27H33F4NO6/c1-2-36-24(25(33)34)18-20-8-12-23(13-9-20)37-17-16-32(15-5-3-4-14-27(29,30)31)26(35)38-19-21-6-10-22(28)11-7-21/h6-13,24H,2-5,14-19H2,1H3,(H,33,34). The smallest absolute Gasteiger partial charge is 0.410 e. The van der Waals surface area contributed by atoms with Crippen LogP contribution in [0.4, 0.5) is 22.4 Å². The molecule has 1 N–H and O–H groups in total. The van der Waals surface area contributed by atoms with Gasteiger partial charge < -0.3 is 24.2 Å². The normalized spacial score (nSPS) is 12.1. The summed E-state index contributed by atoms with van der Waals surface area (Å²) in [5, 5.41) is 9.22. The second-order valence-corrected chi connectivity index (χ2v) is 8.57. The molecule has 38 heavy (non-hydrogen) atoms. The van der Waals surface area contributed by atoms with E-state index in [9.17, 15) is 32.3 Å². The van der Waals surface area contributed by atoms with E-state index >= 15 is 0 Å². The summed E-state index contributed by atoms with van der Waals surface area (Å²) < 4.78 is 66.5. The summed E-state index contributed by atoms with van der Waals surface area (Å²) >= 11 is 0. The molecular formula is C27H33F4NO6. The maximum absolute atomic E-state index is 13.1. The Bertz CT molecular complexity index is 983. The lowest BCUT2D eigenvalue weighted by Gasteiger charge is -2.22. The predicted molar refractivity (Wildman–Crippen MR) is 131 cm³/mol. The van der Waals surface area contributed by atoms with E-state index < -0.39 is 36.6 Å². The summed E-state index contributed by atoms with van der Waals surface area (Å²) in [5.74, 6) is -0.958. The van der Waals surface area contributed by atoms with Crippen LogP contribution in [0.5, 0.6) is 5.75 Å². The van der Waals surface area contributed by atoms with E-state index in [1.54, 1.807) is 31.2 Å². The number of ether oxygens (including phenoxy) is 3. The fourth-order valence-electron chi connectivity index (χ4n) is 3.54. The van der Waals surface area contributed by atoms with E-state index in [4.69, 9.17) is 14.2 Å². The van der Waals surface area contributed by atoms with Gasteiger partial charge in [-0.1, -0.05) is 30.7 Å². The van der Waals surface area contributed by atoms with Crippen molar-refractivity contribution >= 4 is 12.1 Å². The third kappa shape index (κ3) is 12.3. The molecule has 2 rings (SSSR count). The second kappa shape index (κ2) is 15.8. The summed E-state index contributed by atoms with van der Waals surface area (Å²) in [6, 6.07) is 12.3. The Morgan fingerprint density at radius 1 is 0.947 bits per heavy atom. The highest BCUT2D eigenvalue weighted by Gasteiger charge is 2.26. The maximum atomic E-state index is 13.1. The van der Waals surface area contributed by atoms with Gasteiger partial charge >= 0.3 is 18.2 Å². The highest BCUT2D eigenvalue weighted by atomic mass is 19.4. The first-order valence-corrected chi connectivity index (χ1v) is 12.4. The lowest BCUT2D eigenvalue weighted by molar-refractivity contribution is -0.150. The number of carbonyl (C=O) groups is 2. The summed E-state index contributed by atoms with van der Waals surface area (Å²) in [6.45, 7) is 2.35. The van der Waals surface area contributed by atoms with Gasteiger partial charge in [-0.2, -0.15) is 13.2 Å². The average Bonchev–Trinajstić information content (AvgIpc) is 2.87. The van der Waals surface area contributed by atoms with Crippen molar-refractivity contribution in [1.82, 2.24) is 4.90 Å². The highest BCUT2D eigenvalue weighted by Crippen LogP contribution is 2.22. The first kappa shape index (κ1) is 30.9. The summed E-state index contributed by atoms with van der Waals surface area (Å²) in [7, 11) is 0. The third-order valence-electron chi connectivity index (χ3n) is 5.54. The molecule has 0 bridgehead atoms. The van der Waals surface area contributed by atoms with E-state index in [2.05, 4.69) is 0 Å². The van der Waals surface area contributed by atoms with E-state index in [0.717, 1.165) is 5.56 Å². The Labute approximate surface area is 219 Å². The summed E-state index contributed by atoms with van der Waals surface area (Å²) in [5.41, 5.74) is 1.35. The van der Waals surface area contributed by atoms with Gasteiger partial charge in [-0.05, 0) is 55.2 Å². The molecule has 0 spiro atoms. The average molecular weight is 544 g/mol. The molecule has 0 aliphatic rings. The summed E-state index contributed by atoms with van der Waals surface area (Å²) in [6.07, 6.45) is -5.86. The van der Waals surface area contributed by atoms with E-state index in [-0.39, 0.29) is 45.8 Å². The fraction of sp³-hybridized carbons (Fsp3) is 0.481. The fourth-order valence-corrected chi connectivity index (χ4v) is 3.54. The summed E-state index contributed by atoms with van der Waals surface area (Å²) in [4.78, 5) is 25.3. The highest BCUT2D eigenvalue weighted by molar-refractivity contribution is 5.72. The molecule has 7 nitrogen and oxygen atoms in total. The van der Waals surface area contributed by atoms with Gasteiger partial charge in [0.1, 0.15) is 24.8 Å². The molecule has 11 heteroatoms. The molecule has 0 fully saturated rings. The van der Waals surface area contributed by atoms with Crippen molar-refractivity contribution in [2.45, 2.75) is 57.9 Å². The quantitative estimate of drug-likeness (QED) is 0.207. The van der Waals surface area contributed by atoms with Crippen LogP contribution >= 0.6 is 0 Å². The van der Waals surface area contributed by atoms with E-state index in [0.29, 0.717) is 24.2 Å². The van der Waals surface area contributed by atoms with Crippen molar-refractivity contribution in [3.05, 3.63) is 65.5 Å². The van der Waals surface area contributed by atoms with Gasteiger partial charge in [-0.15, -0.1) is 0 Å². The third-order valence-corrected chi connectivity index (χ3v) is 5.54. The molecule has 2 aromatic rings. The minimum atomic E-state index is -4.21. The molecule has 210 valence electrons. The van der Waals surface area contributed by atoms with Gasteiger partial charge in [0.05, 0.1) is 6.54 Å². The Balaban J connectivity index is 1.88. The number of unbranched alkanes of at least 4 members (excludes halogenated alkanes) is 2. The van der Waals surface area contributed by atoms with Crippen LogP contribution in [0.1, 0.15) is 43.7 Å². The van der Waals surface area contributed by atoms with Crippen LogP contribution in [0.2, 0.25) is 0 Å². The number of aliphatic carboxylic acids is 1. The van der Waals surface area contributed by atoms with Crippen LogP contribution in [0.15, 0.2) is 48.5 Å². The monoisotopic (exact) mass is 543 g/mol. The zero-order valence-electron chi connectivity index (χ0n) is 21.2. The zero-order valence-corrected chi connectivity index (χ0v) is 21.2. The van der Waals surface area contributed by atoms with Gasteiger partial charge in [0, 0.05) is 26.0 Å². The maximum Gasteiger partial charge on any atom is 0.410 e. The second-order valence-electron chi connectivity index (χ2n) is 8.57. The molecule has 1 amide bonds. The largest absolute Gasteiger partial charge is 0.492 e.